The number of rotatable bonds is 4. The van der Waals surface area contributed by atoms with Crippen LogP contribution in [0.5, 0.6) is 0 Å². The molecule has 3 N–H and O–H groups in total. The molecule has 1 saturated carbocycles. The van der Waals surface area contributed by atoms with Gasteiger partial charge in [0.15, 0.2) is 0 Å². The minimum atomic E-state index is -0.444. The zero-order valence-corrected chi connectivity index (χ0v) is 11.0. The molecule has 3 atom stereocenters. The molecule has 1 aliphatic heterocycles. The van der Waals surface area contributed by atoms with Gasteiger partial charge < -0.3 is 16.0 Å². The highest BCUT2D eigenvalue weighted by Crippen LogP contribution is 2.33. The van der Waals surface area contributed by atoms with Gasteiger partial charge in [0.1, 0.15) is 0 Å². The first kappa shape index (κ1) is 13.3. The Bertz CT molecular complexity index is 318. The van der Waals surface area contributed by atoms with Crippen LogP contribution < -0.4 is 11.1 Å². The Kier molecular flexibility index (Phi) is 4.22. The summed E-state index contributed by atoms with van der Waals surface area (Å²) in [5, 5.41) is 3.44. The predicted octanol–water partition coefficient (Wildman–Crippen LogP) is 0.241. The highest BCUT2D eigenvalue weighted by atomic mass is 16.2. The van der Waals surface area contributed by atoms with E-state index in [1.165, 1.54) is 25.7 Å². The summed E-state index contributed by atoms with van der Waals surface area (Å²) in [5.41, 5.74) is 5.17. The van der Waals surface area contributed by atoms with E-state index in [1.807, 2.05) is 6.92 Å². The van der Waals surface area contributed by atoms with Crippen LogP contribution in [0.15, 0.2) is 0 Å². The van der Waals surface area contributed by atoms with Crippen LogP contribution in [0.3, 0.4) is 0 Å². The monoisotopic (exact) mass is 253 g/mol. The molecule has 2 aliphatic rings. The number of hydrogen-bond acceptors (Lipinski definition) is 3. The van der Waals surface area contributed by atoms with E-state index in [2.05, 4.69) is 5.32 Å². The molecule has 2 rings (SSSR count). The number of fused-ring (bicyclic) bond motifs is 1. The van der Waals surface area contributed by atoms with Gasteiger partial charge in [0.25, 0.3) is 0 Å². The second-order valence-electron chi connectivity index (χ2n) is 5.42. The summed E-state index contributed by atoms with van der Waals surface area (Å²) in [6.45, 7) is 2.45. The Hall–Kier alpha value is -1.10. The molecule has 102 valence electrons. The standard InChI is InChI=1S/C13H23N3O2/c1-2-16(8-12(14)17)13(18)11-7-9-5-3-4-6-10(9)15-11/h9-11,15H,2-8H2,1H3,(H2,14,17). The lowest BCUT2D eigenvalue weighted by atomic mass is 9.85. The number of hydrogen-bond donors (Lipinski definition) is 2. The molecule has 5 heteroatoms. The van der Waals surface area contributed by atoms with E-state index in [4.69, 9.17) is 5.73 Å². The van der Waals surface area contributed by atoms with Crippen LogP contribution >= 0.6 is 0 Å². The molecular weight excluding hydrogens is 230 g/mol. The first-order valence-electron chi connectivity index (χ1n) is 6.95. The van der Waals surface area contributed by atoms with E-state index in [9.17, 15) is 9.59 Å². The van der Waals surface area contributed by atoms with E-state index in [0.717, 1.165) is 6.42 Å². The molecule has 0 aromatic carbocycles. The first-order valence-corrected chi connectivity index (χ1v) is 6.95. The third-order valence-electron chi connectivity index (χ3n) is 4.20. The number of nitrogens with one attached hydrogen (secondary N) is 1. The molecule has 1 saturated heterocycles. The molecule has 5 nitrogen and oxygen atoms in total. The fourth-order valence-electron chi connectivity index (χ4n) is 3.26. The van der Waals surface area contributed by atoms with Gasteiger partial charge in [-0.1, -0.05) is 12.8 Å². The van der Waals surface area contributed by atoms with Gasteiger partial charge >= 0.3 is 0 Å². The molecule has 0 bridgehead atoms. The number of nitrogens with zero attached hydrogens (tertiary/aromatic N) is 1. The van der Waals surface area contributed by atoms with Gasteiger partial charge in [-0.05, 0) is 32.1 Å². The van der Waals surface area contributed by atoms with E-state index >= 15 is 0 Å². The molecular formula is C13H23N3O2. The predicted molar refractivity (Wildman–Crippen MR) is 68.7 cm³/mol. The fraction of sp³-hybridized carbons (Fsp3) is 0.846. The van der Waals surface area contributed by atoms with Gasteiger partial charge in [-0.2, -0.15) is 0 Å². The lowest BCUT2D eigenvalue weighted by Crippen LogP contribution is -2.48. The Morgan fingerprint density at radius 2 is 2.06 bits per heavy atom. The molecule has 3 unspecified atom stereocenters. The Balaban J connectivity index is 1.94. The van der Waals surface area contributed by atoms with Crippen molar-refractivity contribution in [3.05, 3.63) is 0 Å². The van der Waals surface area contributed by atoms with Crippen LogP contribution in [-0.4, -0.2) is 41.9 Å². The van der Waals surface area contributed by atoms with Gasteiger partial charge in [0.2, 0.25) is 11.8 Å². The minimum absolute atomic E-state index is 0.0306. The zero-order chi connectivity index (χ0) is 13.1. The van der Waals surface area contributed by atoms with E-state index in [1.54, 1.807) is 4.90 Å². The summed E-state index contributed by atoms with van der Waals surface area (Å²) in [7, 11) is 0. The van der Waals surface area contributed by atoms with Gasteiger partial charge in [-0.3, -0.25) is 9.59 Å². The van der Waals surface area contributed by atoms with Crippen LogP contribution in [0.1, 0.15) is 39.0 Å². The maximum absolute atomic E-state index is 12.3. The number of primary amides is 1. The van der Waals surface area contributed by atoms with Crippen LogP contribution in [-0.2, 0) is 9.59 Å². The van der Waals surface area contributed by atoms with E-state index in [0.29, 0.717) is 18.5 Å². The summed E-state index contributed by atoms with van der Waals surface area (Å²) < 4.78 is 0. The summed E-state index contributed by atoms with van der Waals surface area (Å²) >= 11 is 0. The lowest BCUT2D eigenvalue weighted by Gasteiger charge is -2.24. The Labute approximate surface area is 108 Å². The largest absolute Gasteiger partial charge is 0.368 e. The van der Waals surface area contributed by atoms with E-state index in [-0.39, 0.29) is 18.5 Å². The van der Waals surface area contributed by atoms with Gasteiger partial charge in [0.05, 0.1) is 12.6 Å². The molecule has 1 heterocycles. The molecule has 1 aliphatic carbocycles. The second-order valence-corrected chi connectivity index (χ2v) is 5.42. The quantitative estimate of drug-likeness (QED) is 0.753. The maximum Gasteiger partial charge on any atom is 0.240 e. The summed E-state index contributed by atoms with van der Waals surface area (Å²) in [6, 6.07) is 0.386. The van der Waals surface area contributed by atoms with Crippen molar-refractivity contribution in [2.45, 2.75) is 51.1 Å². The summed E-state index contributed by atoms with van der Waals surface area (Å²) in [6.07, 6.45) is 5.86. The van der Waals surface area contributed by atoms with Gasteiger partial charge in [-0.15, -0.1) is 0 Å². The molecule has 18 heavy (non-hydrogen) atoms. The summed E-state index contributed by atoms with van der Waals surface area (Å²) in [4.78, 5) is 24.8. The number of likely N-dealkylation sites (N-methyl/N-ethyl adjacent to an activating group) is 1. The van der Waals surface area contributed by atoms with Crippen LogP contribution in [0.4, 0.5) is 0 Å². The molecule has 0 aromatic rings. The molecule has 0 aromatic heterocycles. The zero-order valence-electron chi connectivity index (χ0n) is 11.0. The number of nitrogens with two attached hydrogens (primary N) is 1. The molecule has 0 spiro atoms. The van der Waals surface area contributed by atoms with Crippen LogP contribution in [0.2, 0.25) is 0 Å². The normalized spacial score (nSPS) is 30.8. The van der Waals surface area contributed by atoms with Crippen molar-refractivity contribution >= 4 is 11.8 Å². The molecule has 2 fully saturated rings. The number of carbonyl (C=O) groups excluding carboxylic acids is 2. The average Bonchev–Trinajstić information content (AvgIpc) is 2.78. The third-order valence-corrected chi connectivity index (χ3v) is 4.20. The fourth-order valence-corrected chi connectivity index (χ4v) is 3.26. The number of amides is 2. The molecule has 0 radical (unpaired) electrons. The van der Waals surface area contributed by atoms with Crippen molar-refractivity contribution in [2.75, 3.05) is 13.1 Å². The topological polar surface area (TPSA) is 75.4 Å². The van der Waals surface area contributed by atoms with Crippen molar-refractivity contribution in [3.8, 4) is 0 Å². The maximum atomic E-state index is 12.3. The van der Waals surface area contributed by atoms with Crippen molar-refractivity contribution in [1.82, 2.24) is 10.2 Å². The second kappa shape index (κ2) is 5.69. The summed E-state index contributed by atoms with van der Waals surface area (Å²) in [5.74, 6) is 0.228. The molecule has 2 amide bonds. The van der Waals surface area contributed by atoms with Gasteiger partial charge in [0, 0.05) is 12.6 Å². The SMILES string of the molecule is CCN(CC(N)=O)C(=O)C1CC2CCCCC2N1. The third kappa shape index (κ3) is 2.83. The van der Waals surface area contributed by atoms with Crippen molar-refractivity contribution < 1.29 is 9.59 Å². The van der Waals surface area contributed by atoms with Crippen LogP contribution in [0.25, 0.3) is 0 Å². The number of carbonyl (C=O) groups is 2. The van der Waals surface area contributed by atoms with E-state index < -0.39 is 5.91 Å². The van der Waals surface area contributed by atoms with Crippen molar-refractivity contribution in [2.24, 2.45) is 11.7 Å². The minimum Gasteiger partial charge on any atom is -0.368 e. The highest BCUT2D eigenvalue weighted by molar-refractivity contribution is 5.87. The van der Waals surface area contributed by atoms with Crippen molar-refractivity contribution in [3.63, 3.8) is 0 Å². The lowest BCUT2D eigenvalue weighted by molar-refractivity contribution is -0.136. The Morgan fingerprint density at radius 3 is 2.67 bits per heavy atom. The van der Waals surface area contributed by atoms with Gasteiger partial charge in [-0.25, -0.2) is 0 Å². The first-order chi connectivity index (χ1) is 8.61. The smallest absolute Gasteiger partial charge is 0.240 e. The average molecular weight is 253 g/mol. The Morgan fingerprint density at radius 1 is 1.33 bits per heavy atom. The van der Waals surface area contributed by atoms with Crippen LogP contribution in [0, 0.1) is 5.92 Å². The van der Waals surface area contributed by atoms with Crippen molar-refractivity contribution in [1.29, 1.82) is 0 Å². The highest BCUT2D eigenvalue weighted by Gasteiger charge is 2.39.